The minimum absolute atomic E-state index is 0.144. The summed E-state index contributed by atoms with van der Waals surface area (Å²) in [5.41, 5.74) is 2.97. The average molecular weight is 394 g/mol. The van der Waals surface area contributed by atoms with Gasteiger partial charge in [-0.15, -0.1) is 11.8 Å². The normalized spacial score (nSPS) is 11.8. The number of carbonyl (C=O) groups is 2. The van der Waals surface area contributed by atoms with Gasteiger partial charge >= 0.3 is 6.09 Å². The first-order valence-electron chi connectivity index (χ1n) is 8.47. The van der Waals surface area contributed by atoms with E-state index in [9.17, 15) is 9.59 Å². The van der Waals surface area contributed by atoms with Crippen molar-refractivity contribution in [2.75, 3.05) is 25.2 Å². The number of hydrogen-bond acceptors (Lipinski definition) is 6. The summed E-state index contributed by atoms with van der Waals surface area (Å²) >= 11 is 1.37. The third-order valence-corrected chi connectivity index (χ3v) is 4.86. The van der Waals surface area contributed by atoms with Crippen LogP contribution in [0.25, 0.3) is 0 Å². The molecular weight excluding hydrogens is 376 g/mol. The van der Waals surface area contributed by atoms with Gasteiger partial charge in [0.1, 0.15) is 5.75 Å². The highest BCUT2D eigenvalue weighted by Gasteiger charge is 2.18. The maximum atomic E-state index is 12.1. The minimum Gasteiger partial charge on any atom is -0.410 e. The summed E-state index contributed by atoms with van der Waals surface area (Å²) in [5.74, 6) is 0.523. The van der Waals surface area contributed by atoms with Gasteiger partial charge in [0.25, 0.3) is 0 Å². The molecule has 3 rings (SSSR count). The van der Waals surface area contributed by atoms with Crippen molar-refractivity contribution in [1.29, 1.82) is 5.26 Å². The van der Waals surface area contributed by atoms with Crippen molar-refractivity contribution in [2.24, 2.45) is 4.99 Å². The fourth-order valence-electron chi connectivity index (χ4n) is 2.45. The second-order valence-electron chi connectivity index (χ2n) is 6.26. The van der Waals surface area contributed by atoms with Gasteiger partial charge in [-0.3, -0.25) is 4.79 Å². The fraction of sp³-hybridized carbons (Fsp3) is 0.200. The van der Waals surface area contributed by atoms with Crippen LogP contribution in [0.15, 0.2) is 47.5 Å². The van der Waals surface area contributed by atoms with Crippen molar-refractivity contribution < 1.29 is 14.3 Å². The molecular formula is C20H18N4O3S. The number of hydrogen-bond donors (Lipinski definition) is 1. The number of ether oxygens (including phenoxy) is 1. The second-order valence-corrected chi connectivity index (χ2v) is 7.31. The number of carbonyl (C=O) groups excluding carboxylic acids is 2. The van der Waals surface area contributed by atoms with Crippen LogP contribution >= 0.6 is 11.8 Å². The zero-order valence-electron chi connectivity index (χ0n) is 15.4. The van der Waals surface area contributed by atoms with Crippen LogP contribution in [0.2, 0.25) is 0 Å². The van der Waals surface area contributed by atoms with Crippen molar-refractivity contribution in [1.82, 2.24) is 4.90 Å². The number of benzene rings is 2. The summed E-state index contributed by atoms with van der Waals surface area (Å²) < 4.78 is 5.24. The van der Waals surface area contributed by atoms with Gasteiger partial charge in [0, 0.05) is 32.3 Å². The fourth-order valence-corrected chi connectivity index (χ4v) is 3.24. The number of fused-ring (bicyclic) bond motifs is 1. The van der Waals surface area contributed by atoms with Crippen LogP contribution in [-0.4, -0.2) is 41.8 Å². The molecule has 0 spiro atoms. The molecule has 7 nitrogen and oxygen atoms in total. The summed E-state index contributed by atoms with van der Waals surface area (Å²) in [5, 5.41) is 12.4. The Hall–Kier alpha value is -3.31. The van der Waals surface area contributed by atoms with Gasteiger partial charge in [-0.25, -0.2) is 9.79 Å². The molecule has 2 aromatic rings. The average Bonchev–Trinajstić information content (AvgIpc) is 3.09. The Morgan fingerprint density at radius 3 is 2.68 bits per heavy atom. The molecule has 2 amide bonds. The number of nitrogens with zero attached hydrogens (tertiary/aromatic N) is 3. The molecule has 142 valence electrons. The number of amides is 2. The molecule has 28 heavy (non-hydrogen) atoms. The third-order valence-electron chi connectivity index (χ3n) is 3.88. The van der Waals surface area contributed by atoms with E-state index in [-0.39, 0.29) is 11.7 Å². The standard InChI is InChI=1S/C20H18N4O3S/c1-24(2)20(26)27-16-8-5-14-9-19(23-17(14)10-16)28-12-18(25)22-15-6-3-13(11-21)4-7-15/h3-8,10H,9,12H2,1-2H3,(H,22,25). The van der Waals surface area contributed by atoms with Crippen LogP contribution in [0, 0.1) is 11.3 Å². The summed E-state index contributed by atoms with van der Waals surface area (Å²) in [6.07, 6.45) is 0.197. The van der Waals surface area contributed by atoms with Gasteiger partial charge in [-0.1, -0.05) is 6.07 Å². The Bertz CT molecular complexity index is 978. The highest BCUT2D eigenvalue weighted by Crippen LogP contribution is 2.33. The van der Waals surface area contributed by atoms with E-state index in [2.05, 4.69) is 10.3 Å². The van der Waals surface area contributed by atoms with Crippen LogP contribution in [0.4, 0.5) is 16.2 Å². The maximum absolute atomic E-state index is 12.1. The predicted octanol–water partition coefficient (Wildman–Crippen LogP) is 3.58. The zero-order chi connectivity index (χ0) is 20.1. The molecule has 1 aliphatic heterocycles. The lowest BCUT2D eigenvalue weighted by Gasteiger charge is -2.10. The molecule has 1 N–H and O–H groups in total. The van der Waals surface area contributed by atoms with E-state index in [1.54, 1.807) is 50.5 Å². The van der Waals surface area contributed by atoms with Crippen LogP contribution in [0.5, 0.6) is 5.75 Å². The van der Waals surface area contributed by atoms with Crippen LogP contribution in [0.1, 0.15) is 11.1 Å². The Kier molecular flexibility index (Phi) is 5.96. The first kappa shape index (κ1) is 19.5. The molecule has 1 aliphatic rings. The Labute approximate surface area is 167 Å². The first-order valence-corrected chi connectivity index (χ1v) is 9.45. The predicted molar refractivity (Wildman–Crippen MR) is 109 cm³/mol. The van der Waals surface area contributed by atoms with E-state index < -0.39 is 6.09 Å². The van der Waals surface area contributed by atoms with Crippen molar-refractivity contribution in [3.05, 3.63) is 53.6 Å². The smallest absolute Gasteiger partial charge is 0.410 e. The second kappa shape index (κ2) is 8.59. The number of thioether (sulfide) groups is 1. The summed E-state index contributed by atoms with van der Waals surface area (Å²) in [4.78, 5) is 29.6. The molecule has 0 atom stereocenters. The lowest BCUT2D eigenvalue weighted by atomic mass is 10.1. The van der Waals surface area contributed by atoms with E-state index in [1.807, 2.05) is 12.1 Å². The zero-order valence-corrected chi connectivity index (χ0v) is 16.2. The molecule has 0 radical (unpaired) electrons. The van der Waals surface area contributed by atoms with Crippen molar-refractivity contribution in [3.8, 4) is 11.8 Å². The number of nitrogens with one attached hydrogen (secondary N) is 1. The molecule has 8 heteroatoms. The van der Waals surface area contributed by atoms with Gasteiger partial charge in [0.2, 0.25) is 5.91 Å². The molecule has 0 aliphatic carbocycles. The van der Waals surface area contributed by atoms with Gasteiger partial charge in [0.05, 0.1) is 28.1 Å². The van der Waals surface area contributed by atoms with E-state index >= 15 is 0 Å². The molecule has 0 saturated carbocycles. The topological polar surface area (TPSA) is 94.8 Å². The van der Waals surface area contributed by atoms with Crippen molar-refractivity contribution in [2.45, 2.75) is 6.42 Å². The maximum Gasteiger partial charge on any atom is 0.414 e. The summed E-state index contributed by atoms with van der Waals surface area (Å²) in [7, 11) is 3.23. The van der Waals surface area contributed by atoms with Crippen LogP contribution in [0.3, 0.4) is 0 Å². The van der Waals surface area contributed by atoms with Gasteiger partial charge < -0.3 is 15.0 Å². The van der Waals surface area contributed by atoms with E-state index in [0.717, 1.165) is 16.3 Å². The van der Waals surface area contributed by atoms with Gasteiger partial charge in [-0.2, -0.15) is 5.26 Å². The summed E-state index contributed by atoms with van der Waals surface area (Å²) in [6, 6.07) is 14.1. The molecule has 1 heterocycles. The lowest BCUT2D eigenvalue weighted by molar-refractivity contribution is -0.113. The molecule has 0 aromatic heterocycles. The van der Waals surface area contributed by atoms with Crippen molar-refractivity contribution in [3.63, 3.8) is 0 Å². The van der Waals surface area contributed by atoms with Crippen LogP contribution in [-0.2, 0) is 11.2 Å². The van der Waals surface area contributed by atoms with E-state index in [4.69, 9.17) is 10.00 Å². The molecule has 0 fully saturated rings. The van der Waals surface area contributed by atoms with Crippen LogP contribution < -0.4 is 10.1 Å². The number of nitriles is 1. The Morgan fingerprint density at radius 2 is 2.00 bits per heavy atom. The molecule has 2 aromatic carbocycles. The van der Waals surface area contributed by atoms with E-state index in [1.165, 1.54) is 16.7 Å². The van der Waals surface area contributed by atoms with Gasteiger partial charge in [0.15, 0.2) is 0 Å². The van der Waals surface area contributed by atoms with Crippen molar-refractivity contribution >= 4 is 40.2 Å². The largest absolute Gasteiger partial charge is 0.414 e. The Balaban J connectivity index is 1.55. The lowest BCUT2D eigenvalue weighted by Crippen LogP contribution is -2.25. The quantitative estimate of drug-likeness (QED) is 0.855. The SMILES string of the molecule is CN(C)C(=O)Oc1ccc2c(c1)N=C(SCC(=O)Nc1ccc(C#N)cc1)C2. The number of rotatable bonds is 4. The first-order chi connectivity index (χ1) is 13.4. The number of aliphatic imine (C=N–C) groups is 1. The molecule has 0 saturated heterocycles. The molecule has 0 bridgehead atoms. The Morgan fingerprint density at radius 1 is 1.25 bits per heavy atom. The highest BCUT2D eigenvalue weighted by molar-refractivity contribution is 8.14. The minimum atomic E-state index is -0.448. The third kappa shape index (κ3) is 4.90. The number of anilines is 1. The monoisotopic (exact) mass is 394 g/mol. The molecule has 0 unspecified atom stereocenters. The van der Waals surface area contributed by atoms with Gasteiger partial charge in [-0.05, 0) is 35.9 Å². The van der Waals surface area contributed by atoms with E-state index in [0.29, 0.717) is 23.4 Å². The highest BCUT2D eigenvalue weighted by atomic mass is 32.2. The summed E-state index contributed by atoms with van der Waals surface area (Å²) in [6.45, 7) is 0.